The molecule has 1 atom stereocenters. The van der Waals surface area contributed by atoms with E-state index in [1.54, 1.807) is 0 Å². The number of nitrogens with one attached hydrogen (secondary N) is 1. The highest BCUT2D eigenvalue weighted by molar-refractivity contribution is 5.32. The molecule has 2 rings (SSSR count). The Hall–Kier alpha value is -1.81. The minimum atomic E-state index is 0.0969. The lowest BCUT2D eigenvalue weighted by Crippen LogP contribution is -2.21. The van der Waals surface area contributed by atoms with E-state index in [1.807, 2.05) is 43.2 Å². The second-order valence-electron chi connectivity index (χ2n) is 4.89. The maximum Gasteiger partial charge on any atom is 0.130 e. The van der Waals surface area contributed by atoms with Crippen molar-refractivity contribution in [2.75, 3.05) is 13.7 Å². The van der Waals surface area contributed by atoms with Crippen molar-refractivity contribution in [3.05, 3.63) is 48.0 Å². The zero-order chi connectivity index (χ0) is 14.4. The zero-order valence-electron chi connectivity index (χ0n) is 12.5. The lowest BCUT2D eigenvalue weighted by molar-refractivity contribution is 0.309. The number of unbranched alkanes of at least 4 members (excludes halogenated alkanes) is 1. The van der Waals surface area contributed by atoms with Gasteiger partial charge in [-0.25, -0.2) is 4.98 Å². The molecule has 1 N–H and O–H groups in total. The van der Waals surface area contributed by atoms with Gasteiger partial charge in [0.25, 0.3) is 0 Å². The Morgan fingerprint density at radius 3 is 2.60 bits per heavy atom. The van der Waals surface area contributed by atoms with Crippen LogP contribution in [0.25, 0.3) is 0 Å². The van der Waals surface area contributed by atoms with E-state index < -0.39 is 0 Å². The number of aryl methyl sites for hydroxylation is 1. The highest BCUT2D eigenvalue weighted by Gasteiger charge is 2.15. The normalized spacial score (nSPS) is 12.3. The Labute approximate surface area is 120 Å². The van der Waals surface area contributed by atoms with Crippen molar-refractivity contribution in [2.45, 2.75) is 25.8 Å². The molecule has 0 amide bonds. The van der Waals surface area contributed by atoms with Crippen LogP contribution in [-0.4, -0.2) is 23.2 Å². The van der Waals surface area contributed by atoms with Crippen molar-refractivity contribution in [2.24, 2.45) is 7.05 Å². The standard InChI is InChI=1S/C16H23N3O/c1-4-5-12-20-14-8-6-13(7-9-14)15(17-2)16-18-10-11-19(16)3/h6-11,15,17H,4-5,12H2,1-3H3. The summed E-state index contributed by atoms with van der Waals surface area (Å²) in [5.41, 5.74) is 1.18. The summed E-state index contributed by atoms with van der Waals surface area (Å²) in [5, 5.41) is 3.31. The first-order valence-corrected chi connectivity index (χ1v) is 7.13. The van der Waals surface area contributed by atoms with E-state index in [-0.39, 0.29) is 6.04 Å². The van der Waals surface area contributed by atoms with Gasteiger partial charge in [0.1, 0.15) is 11.6 Å². The van der Waals surface area contributed by atoms with Gasteiger partial charge in [-0.05, 0) is 31.2 Å². The quantitative estimate of drug-likeness (QED) is 0.788. The molecule has 0 aliphatic carbocycles. The van der Waals surface area contributed by atoms with E-state index in [9.17, 15) is 0 Å². The van der Waals surface area contributed by atoms with Gasteiger partial charge in [-0.1, -0.05) is 25.5 Å². The molecule has 0 saturated heterocycles. The summed E-state index contributed by atoms with van der Waals surface area (Å²) in [6.07, 6.45) is 6.02. The van der Waals surface area contributed by atoms with Crippen molar-refractivity contribution in [1.82, 2.24) is 14.9 Å². The second-order valence-corrected chi connectivity index (χ2v) is 4.89. The molecule has 0 spiro atoms. The first-order chi connectivity index (χ1) is 9.76. The Bertz CT molecular complexity index is 519. The van der Waals surface area contributed by atoms with Crippen molar-refractivity contribution in [3.63, 3.8) is 0 Å². The minimum Gasteiger partial charge on any atom is -0.494 e. The Morgan fingerprint density at radius 1 is 1.30 bits per heavy atom. The first-order valence-electron chi connectivity index (χ1n) is 7.13. The van der Waals surface area contributed by atoms with E-state index in [4.69, 9.17) is 4.74 Å². The summed E-state index contributed by atoms with van der Waals surface area (Å²) in [6.45, 7) is 2.95. The molecule has 0 saturated carbocycles. The summed E-state index contributed by atoms with van der Waals surface area (Å²) in [5.74, 6) is 1.93. The van der Waals surface area contributed by atoms with Gasteiger partial charge < -0.3 is 14.6 Å². The number of ether oxygens (including phenoxy) is 1. The van der Waals surface area contributed by atoms with Crippen LogP contribution < -0.4 is 10.1 Å². The number of imidazole rings is 1. The fourth-order valence-corrected chi connectivity index (χ4v) is 2.19. The highest BCUT2D eigenvalue weighted by Crippen LogP contribution is 2.22. The van der Waals surface area contributed by atoms with Gasteiger partial charge >= 0.3 is 0 Å². The largest absolute Gasteiger partial charge is 0.494 e. The first kappa shape index (κ1) is 14.6. The molecular formula is C16H23N3O. The number of hydrogen-bond donors (Lipinski definition) is 1. The molecule has 0 aliphatic rings. The molecule has 1 aromatic heterocycles. The van der Waals surface area contributed by atoms with E-state index in [0.717, 1.165) is 31.0 Å². The molecule has 1 aromatic carbocycles. The Kier molecular flexibility index (Phi) is 5.18. The molecule has 4 nitrogen and oxygen atoms in total. The van der Waals surface area contributed by atoms with Crippen LogP contribution in [0.2, 0.25) is 0 Å². The van der Waals surface area contributed by atoms with Gasteiger partial charge in [0.15, 0.2) is 0 Å². The van der Waals surface area contributed by atoms with Gasteiger partial charge in [-0.15, -0.1) is 0 Å². The minimum absolute atomic E-state index is 0.0969. The molecule has 20 heavy (non-hydrogen) atoms. The van der Waals surface area contributed by atoms with Crippen LogP contribution >= 0.6 is 0 Å². The van der Waals surface area contributed by atoms with Gasteiger partial charge in [0, 0.05) is 19.4 Å². The molecule has 108 valence electrons. The van der Waals surface area contributed by atoms with E-state index in [1.165, 1.54) is 5.56 Å². The fraction of sp³-hybridized carbons (Fsp3) is 0.438. The molecular weight excluding hydrogens is 250 g/mol. The van der Waals surface area contributed by atoms with Crippen LogP contribution in [-0.2, 0) is 7.05 Å². The molecule has 1 unspecified atom stereocenters. The van der Waals surface area contributed by atoms with Gasteiger partial charge in [-0.2, -0.15) is 0 Å². The van der Waals surface area contributed by atoms with Crippen LogP contribution in [0.15, 0.2) is 36.7 Å². The maximum absolute atomic E-state index is 5.69. The summed E-state index contributed by atoms with van der Waals surface area (Å²) in [7, 11) is 3.96. The second kappa shape index (κ2) is 7.10. The zero-order valence-corrected chi connectivity index (χ0v) is 12.5. The van der Waals surface area contributed by atoms with Crippen LogP contribution in [0.4, 0.5) is 0 Å². The summed E-state index contributed by atoms with van der Waals surface area (Å²) >= 11 is 0. The Balaban J connectivity index is 2.10. The van der Waals surface area contributed by atoms with Crippen molar-refractivity contribution >= 4 is 0 Å². The topological polar surface area (TPSA) is 39.1 Å². The maximum atomic E-state index is 5.69. The SMILES string of the molecule is CCCCOc1ccc(C(NC)c2nccn2C)cc1. The Morgan fingerprint density at radius 2 is 2.05 bits per heavy atom. The fourth-order valence-electron chi connectivity index (χ4n) is 2.19. The van der Waals surface area contributed by atoms with E-state index in [2.05, 4.69) is 29.4 Å². The average molecular weight is 273 g/mol. The molecule has 1 heterocycles. The van der Waals surface area contributed by atoms with E-state index in [0.29, 0.717) is 0 Å². The van der Waals surface area contributed by atoms with E-state index >= 15 is 0 Å². The predicted octanol–water partition coefficient (Wildman–Crippen LogP) is 2.91. The average Bonchev–Trinajstić information content (AvgIpc) is 2.88. The van der Waals surface area contributed by atoms with Crippen LogP contribution in [0.1, 0.15) is 37.2 Å². The van der Waals surface area contributed by atoms with Crippen LogP contribution in [0.3, 0.4) is 0 Å². The van der Waals surface area contributed by atoms with Crippen molar-refractivity contribution < 1.29 is 4.74 Å². The molecule has 0 radical (unpaired) electrons. The summed E-state index contributed by atoms with van der Waals surface area (Å²) in [6, 6.07) is 8.34. The lowest BCUT2D eigenvalue weighted by Gasteiger charge is -2.17. The molecule has 4 heteroatoms. The predicted molar refractivity (Wildman–Crippen MR) is 81.0 cm³/mol. The third-order valence-corrected chi connectivity index (χ3v) is 3.39. The molecule has 0 aliphatic heterocycles. The summed E-state index contributed by atoms with van der Waals surface area (Å²) in [4.78, 5) is 4.42. The third-order valence-electron chi connectivity index (χ3n) is 3.39. The molecule has 2 aromatic rings. The monoisotopic (exact) mass is 273 g/mol. The number of nitrogens with zero attached hydrogens (tertiary/aromatic N) is 2. The summed E-state index contributed by atoms with van der Waals surface area (Å²) < 4.78 is 7.72. The van der Waals surface area contributed by atoms with Crippen LogP contribution in [0.5, 0.6) is 5.75 Å². The van der Waals surface area contributed by atoms with Crippen LogP contribution in [0, 0.1) is 0 Å². The van der Waals surface area contributed by atoms with Gasteiger partial charge in [0.05, 0.1) is 12.6 Å². The van der Waals surface area contributed by atoms with Gasteiger partial charge in [0.2, 0.25) is 0 Å². The molecule has 0 fully saturated rings. The van der Waals surface area contributed by atoms with Gasteiger partial charge in [-0.3, -0.25) is 0 Å². The smallest absolute Gasteiger partial charge is 0.130 e. The van der Waals surface area contributed by atoms with Crippen molar-refractivity contribution in [1.29, 1.82) is 0 Å². The number of benzene rings is 1. The number of rotatable bonds is 7. The lowest BCUT2D eigenvalue weighted by atomic mass is 10.1. The third kappa shape index (κ3) is 3.39. The van der Waals surface area contributed by atoms with Crippen molar-refractivity contribution in [3.8, 4) is 5.75 Å². The number of aromatic nitrogens is 2. The number of hydrogen-bond acceptors (Lipinski definition) is 3. The highest BCUT2D eigenvalue weighted by atomic mass is 16.5. The molecule has 0 bridgehead atoms.